The fourth-order valence-electron chi connectivity index (χ4n) is 3.08. The summed E-state index contributed by atoms with van der Waals surface area (Å²) >= 11 is 0. The molecule has 1 saturated heterocycles. The van der Waals surface area contributed by atoms with E-state index >= 15 is 0 Å². The maximum atomic E-state index is 12.6. The number of fused-ring (bicyclic) bond motifs is 1. The molecule has 0 atom stereocenters. The topological polar surface area (TPSA) is 59.1 Å². The molecule has 0 unspecified atom stereocenters. The summed E-state index contributed by atoms with van der Waals surface area (Å²) in [6.07, 6.45) is 2.05. The molecule has 0 N–H and O–H groups in total. The van der Waals surface area contributed by atoms with Gasteiger partial charge in [0.25, 0.3) is 0 Å². The number of likely N-dealkylation sites (tertiary alicyclic amines) is 1. The Morgan fingerprint density at radius 2 is 1.83 bits per heavy atom. The summed E-state index contributed by atoms with van der Waals surface area (Å²) in [6, 6.07) is 5.34. The summed E-state index contributed by atoms with van der Waals surface area (Å²) in [4.78, 5) is 28.0. The van der Waals surface area contributed by atoms with E-state index in [4.69, 9.17) is 9.47 Å². The predicted molar refractivity (Wildman–Crippen MR) is 90.4 cm³/mol. The maximum Gasteiger partial charge on any atom is 0.242 e. The largest absolute Gasteiger partial charge is 0.486 e. The van der Waals surface area contributed by atoms with Crippen LogP contribution in [0.5, 0.6) is 11.5 Å². The van der Waals surface area contributed by atoms with Crippen LogP contribution in [0.2, 0.25) is 0 Å². The van der Waals surface area contributed by atoms with Crippen LogP contribution in [0.3, 0.4) is 0 Å². The fourth-order valence-corrected chi connectivity index (χ4v) is 3.08. The van der Waals surface area contributed by atoms with Gasteiger partial charge in [0.05, 0.1) is 0 Å². The van der Waals surface area contributed by atoms with Gasteiger partial charge in [-0.1, -0.05) is 6.92 Å². The molecule has 0 saturated carbocycles. The van der Waals surface area contributed by atoms with E-state index in [0.29, 0.717) is 36.3 Å². The van der Waals surface area contributed by atoms with E-state index < -0.39 is 0 Å². The van der Waals surface area contributed by atoms with Gasteiger partial charge in [0.2, 0.25) is 11.8 Å². The van der Waals surface area contributed by atoms with Gasteiger partial charge in [0.15, 0.2) is 11.5 Å². The average Bonchev–Trinajstić information content (AvgIpc) is 2.59. The average molecular weight is 332 g/mol. The molecule has 1 aromatic carbocycles. The van der Waals surface area contributed by atoms with Crippen LogP contribution in [0.1, 0.15) is 26.7 Å². The first-order valence-electron chi connectivity index (χ1n) is 8.50. The predicted octanol–water partition coefficient (Wildman–Crippen LogP) is 2.07. The van der Waals surface area contributed by atoms with Gasteiger partial charge in [0, 0.05) is 31.8 Å². The molecule has 1 aromatic rings. The van der Waals surface area contributed by atoms with Gasteiger partial charge in [-0.05, 0) is 30.9 Å². The van der Waals surface area contributed by atoms with E-state index in [-0.39, 0.29) is 18.4 Å². The van der Waals surface area contributed by atoms with Crippen molar-refractivity contribution in [3.8, 4) is 11.5 Å². The zero-order chi connectivity index (χ0) is 17.1. The molecule has 1 fully saturated rings. The summed E-state index contributed by atoms with van der Waals surface area (Å²) in [7, 11) is 0. The number of benzene rings is 1. The highest BCUT2D eigenvalue weighted by molar-refractivity contribution is 5.97. The van der Waals surface area contributed by atoms with E-state index in [9.17, 15) is 9.59 Å². The zero-order valence-electron chi connectivity index (χ0n) is 14.3. The summed E-state index contributed by atoms with van der Waals surface area (Å²) < 4.78 is 11.1. The lowest BCUT2D eigenvalue weighted by Crippen LogP contribution is -2.45. The molecule has 6 nitrogen and oxygen atoms in total. The molecular formula is C18H24N2O4. The number of hydrogen-bond donors (Lipinski definition) is 0. The van der Waals surface area contributed by atoms with Crippen LogP contribution in [0.15, 0.2) is 18.2 Å². The Hall–Kier alpha value is -2.24. The lowest BCUT2D eigenvalue weighted by atomic mass is 9.99. The maximum absolute atomic E-state index is 12.6. The molecule has 24 heavy (non-hydrogen) atoms. The van der Waals surface area contributed by atoms with E-state index in [0.717, 1.165) is 25.9 Å². The quantitative estimate of drug-likeness (QED) is 0.850. The highest BCUT2D eigenvalue weighted by atomic mass is 16.6. The number of rotatable bonds is 3. The molecule has 0 aliphatic carbocycles. The molecule has 2 aliphatic heterocycles. The number of anilines is 1. The van der Waals surface area contributed by atoms with Gasteiger partial charge in [-0.15, -0.1) is 0 Å². The van der Waals surface area contributed by atoms with Crippen LogP contribution in [0.4, 0.5) is 5.69 Å². The molecule has 0 spiro atoms. The smallest absolute Gasteiger partial charge is 0.242 e. The van der Waals surface area contributed by atoms with Crippen LogP contribution >= 0.6 is 0 Å². The third kappa shape index (κ3) is 3.63. The Morgan fingerprint density at radius 3 is 2.50 bits per heavy atom. The van der Waals surface area contributed by atoms with Crippen LogP contribution in [-0.4, -0.2) is 49.6 Å². The van der Waals surface area contributed by atoms with Gasteiger partial charge < -0.3 is 19.3 Å². The molecule has 0 radical (unpaired) electrons. The van der Waals surface area contributed by atoms with Gasteiger partial charge in [-0.3, -0.25) is 9.59 Å². The second-order valence-corrected chi connectivity index (χ2v) is 6.50. The SMILES string of the molecule is CC(=O)N(CC(=O)N1CCC(C)CC1)c1ccc2c(c1)OCCO2. The third-order valence-electron chi connectivity index (χ3n) is 4.65. The molecule has 2 amide bonds. The van der Waals surface area contributed by atoms with Crippen molar-refractivity contribution in [2.75, 3.05) is 37.7 Å². The Balaban J connectivity index is 1.73. The molecular weight excluding hydrogens is 308 g/mol. The molecule has 6 heteroatoms. The highest BCUT2D eigenvalue weighted by Gasteiger charge is 2.24. The number of ether oxygens (including phenoxy) is 2. The van der Waals surface area contributed by atoms with E-state index in [1.54, 1.807) is 18.2 Å². The summed E-state index contributed by atoms with van der Waals surface area (Å²) in [6.45, 7) is 6.29. The van der Waals surface area contributed by atoms with E-state index in [2.05, 4.69) is 6.92 Å². The minimum Gasteiger partial charge on any atom is -0.486 e. The van der Waals surface area contributed by atoms with Crippen LogP contribution in [-0.2, 0) is 9.59 Å². The lowest BCUT2D eigenvalue weighted by molar-refractivity contribution is -0.132. The lowest BCUT2D eigenvalue weighted by Gasteiger charge is -2.32. The number of hydrogen-bond acceptors (Lipinski definition) is 4. The van der Waals surface area contributed by atoms with E-state index in [1.165, 1.54) is 11.8 Å². The Kier molecular flexibility index (Phi) is 4.92. The first kappa shape index (κ1) is 16.6. The van der Waals surface area contributed by atoms with Crippen molar-refractivity contribution in [2.24, 2.45) is 5.92 Å². The number of nitrogens with zero attached hydrogens (tertiary/aromatic N) is 2. The van der Waals surface area contributed by atoms with E-state index in [1.807, 2.05) is 4.90 Å². The number of carbonyl (C=O) groups is 2. The Bertz CT molecular complexity index is 623. The van der Waals surface area contributed by atoms with Gasteiger partial charge in [-0.2, -0.15) is 0 Å². The van der Waals surface area contributed by atoms with Crippen LogP contribution in [0.25, 0.3) is 0 Å². The highest BCUT2D eigenvalue weighted by Crippen LogP contribution is 2.34. The zero-order valence-corrected chi connectivity index (χ0v) is 14.3. The van der Waals surface area contributed by atoms with Crippen molar-refractivity contribution in [2.45, 2.75) is 26.7 Å². The van der Waals surface area contributed by atoms with Crippen LogP contribution in [0, 0.1) is 5.92 Å². The standard InChI is InChI=1S/C18H24N2O4/c1-13-5-7-19(8-6-13)18(22)12-20(14(2)21)15-3-4-16-17(11-15)24-10-9-23-16/h3-4,11,13H,5-10,12H2,1-2H3. The molecule has 0 bridgehead atoms. The number of amides is 2. The van der Waals surface area contributed by atoms with Crippen molar-refractivity contribution in [3.05, 3.63) is 18.2 Å². The van der Waals surface area contributed by atoms with Gasteiger partial charge >= 0.3 is 0 Å². The van der Waals surface area contributed by atoms with Crippen molar-refractivity contribution in [3.63, 3.8) is 0 Å². The van der Waals surface area contributed by atoms with Crippen LogP contribution < -0.4 is 14.4 Å². The van der Waals surface area contributed by atoms with Gasteiger partial charge in [0.1, 0.15) is 19.8 Å². The normalized spacial score (nSPS) is 17.5. The number of piperidine rings is 1. The molecule has 2 heterocycles. The second-order valence-electron chi connectivity index (χ2n) is 6.50. The van der Waals surface area contributed by atoms with Crippen molar-refractivity contribution >= 4 is 17.5 Å². The van der Waals surface area contributed by atoms with Crippen molar-refractivity contribution in [1.82, 2.24) is 4.90 Å². The number of carbonyl (C=O) groups excluding carboxylic acids is 2. The summed E-state index contributed by atoms with van der Waals surface area (Å²) in [5.74, 6) is 1.78. The first-order chi connectivity index (χ1) is 11.5. The minimum absolute atomic E-state index is 0.00742. The first-order valence-corrected chi connectivity index (χ1v) is 8.50. The Labute approximate surface area is 142 Å². The van der Waals surface area contributed by atoms with Crippen molar-refractivity contribution in [1.29, 1.82) is 0 Å². The summed E-state index contributed by atoms with van der Waals surface area (Å²) in [5, 5.41) is 0. The molecule has 0 aromatic heterocycles. The Morgan fingerprint density at radius 1 is 1.17 bits per heavy atom. The summed E-state index contributed by atoms with van der Waals surface area (Å²) in [5.41, 5.74) is 0.658. The molecule has 2 aliphatic rings. The molecule has 3 rings (SSSR count). The third-order valence-corrected chi connectivity index (χ3v) is 4.65. The van der Waals surface area contributed by atoms with Crippen molar-refractivity contribution < 1.29 is 19.1 Å². The minimum atomic E-state index is -0.162. The monoisotopic (exact) mass is 332 g/mol. The molecule has 130 valence electrons. The fraction of sp³-hybridized carbons (Fsp3) is 0.556. The second kappa shape index (κ2) is 7.11. The van der Waals surface area contributed by atoms with Gasteiger partial charge in [-0.25, -0.2) is 0 Å².